The van der Waals surface area contributed by atoms with Crippen molar-refractivity contribution >= 4 is 6.03 Å². The average Bonchev–Trinajstić information content (AvgIpc) is 2.45. The van der Waals surface area contributed by atoms with Crippen molar-refractivity contribution < 1.29 is 4.79 Å². The molecule has 2 aliphatic heterocycles. The van der Waals surface area contributed by atoms with Crippen LogP contribution in [0.25, 0.3) is 0 Å². The van der Waals surface area contributed by atoms with Crippen molar-refractivity contribution in [2.45, 2.75) is 19.0 Å². The second-order valence-electron chi connectivity index (χ2n) is 5.38. The maximum absolute atomic E-state index is 12.0. The molecule has 2 bridgehead atoms. The highest BCUT2D eigenvalue weighted by Gasteiger charge is 2.45. The quantitative estimate of drug-likeness (QED) is 0.822. The lowest BCUT2D eigenvalue weighted by atomic mass is 9.67. The molecule has 3 aliphatic rings. The van der Waals surface area contributed by atoms with Crippen LogP contribution in [0.1, 0.15) is 12.0 Å². The van der Waals surface area contributed by atoms with Crippen LogP contribution in [0.3, 0.4) is 0 Å². The molecule has 2 unspecified atom stereocenters. The molecule has 4 rings (SSSR count). The van der Waals surface area contributed by atoms with Crippen LogP contribution < -0.4 is 11.1 Å². The molecule has 3 fully saturated rings. The monoisotopic (exact) mass is 245 g/mol. The molecule has 0 radical (unpaired) electrons. The maximum Gasteiger partial charge on any atom is 0.317 e. The van der Waals surface area contributed by atoms with Gasteiger partial charge in [-0.3, -0.25) is 0 Å². The molecule has 0 aromatic heterocycles. The van der Waals surface area contributed by atoms with Crippen molar-refractivity contribution in [3.63, 3.8) is 0 Å². The van der Waals surface area contributed by atoms with Crippen LogP contribution >= 0.6 is 0 Å². The van der Waals surface area contributed by atoms with Crippen LogP contribution in [0.2, 0.25) is 0 Å². The molecule has 4 nitrogen and oxygen atoms in total. The highest BCUT2D eigenvalue weighted by molar-refractivity contribution is 5.74. The first kappa shape index (κ1) is 11.5. The molecule has 2 heterocycles. The highest BCUT2D eigenvalue weighted by Crippen LogP contribution is 2.38. The summed E-state index contributed by atoms with van der Waals surface area (Å²) in [6, 6.07) is 10.3. The van der Waals surface area contributed by atoms with Gasteiger partial charge in [0, 0.05) is 25.7 Å². The summed E-state index contributed by atoms with van der Waals surface area (Å²) in [5, 5.41) is 2.97. The average molecular weight is 245 g/mol. The molecule has 2 saturated heterocycles. The van der Waals surface area contributed by atoms with Crippen molar-refractivity contribution in [1.82, 2.24) is 10.2 Å². The number of amides is 2. The molecular weight excluding hydrogens is 226 g/mol. The predicted octanol–water partition coefficient (Wildman–Crippen LogP) is 1.18. The first-order chi connectivity index (χ1) is 8.74. The van der Waals surface area contributed by atoms with Gasteiger partial charge in [0.15, 0.2) is 0 Å². The van der Waals surface area contributed by atoms with Crippen LogP contribution in [-0.2, 0) is 6.54 Å². The van der Waals surface area contributed by atoms with Crippen LogP contribution in [0, 0.1) is 11.8 Å². The molecule has 1 saturated carbocycles. The van der Waals surface area contributed by atoms with Crippen molar-refractivity contribution in [2.24, 2.45) is 17.6 Å². The summed E-state index contributed by atoms with van der Waals surface area (Å²) in [6.07, 6.45) is 1.20. The Balaban J connectivity index is 1.51. The number of carbonyl (C=O) groups excluding carboxylic acids is 1. The second-order valence-corrected chi connectivity index (χ2v) is 5.38. The van der Waals surface area contributed by atoms with Gasteiger partial charge in [0.25, 0.3) is 0 Å². The van der Waals surface area contributed by atoms with Gasteiger partial charge in [-0.1, -0.05) is 30.3 Å². The minimum Gasteiger partial charge on any atom is -0.334 e. The number of carbonyl (C=O) groups is 1. The Kier molecular flexibility index (Phi) is 2.96. The number of nitrogens with two attached hydrogens (primary N) is 1. The molecule has 18 heavy (non-hydrogen) atoms. The standard InChI is InChI=1S/C14H19N3O/c15-13-11-6-12(13)9-17(8-11)14(18)16-7-10-4-2-1-3-5-10/h1-5,11-13H,6-9,15H2,(H,16,18). The normalized spacial score (nSPS) is 29.6. The van der Waals surface area contributed by atoms with Crippen molar-refractivity contribution in [3.8, 4) is 0 Å². The molecule has 3 N–H and O–H groups in total. The van der Waals surface area contributed by atoms with Gasteiger partial charge in [-0.25, -0.2) is 4.79 Å². The minimum absolute atomic E-state index is 0.0421. The summed E-state index contributed by atoms with van der Waals surface area (Å²) >= 11 is 0. The number of urea groups is 1. The van der Waals surface area contributed by atoms with Crippen LogP contribution in [0.5, 0.6) is 0 Å². The van der Waals surface area contributed by atoms with E-state index >= 15 is 0 Å². The van der Waals surface area contributed by atoms with E-state index in [0.29, 0.717) is 24.4 Å². The number of nitrogens with zero attached hydrogens (tertiary/aromatic N) is 1. The number of benzene rings is 1. The smallest absolute Gasteiger partial charge is 0.317 e. The Labute approximate surface area is 107 Å². The summed E-state index contributed by atoms with van der Waals surface area (Å²) in [5.74, 6) is 1.04. The molecule has 2 atom stereocenters. The number of rotatable bonds is 2. The van der Waals surface area contributed by atoms with Crippen LogP contribution in [0.4, 0.5) is 4.79 Å². The SMILES string of the molecule is NC1C2CC1CN(C(=O)NCc1ccccc1)C2. The zero-order valence-electron chi connectivity index (χ0n) is 10.4. The van der Waals surface area contributed by atoms with Gasteiger partial charge in [0.2, 0.25) is 0 Å². The summed E-state index contributed by atoms with van der Waals surface area (Å²) in [6.45, 7) is 2.23. The number of nitrogens with one attached hydrogen (secondary N) is 1. The zero-order valence-corrected chi connectivity index (χ0v) is 10.4. The number of hydrogen-bond donors (Lipinski definition) is 2. The summed E-state index contributed by atoms with van der Waals surface area (Å²) < 4.78 is 0. The van der Waals surface area contributed by atoms with Gasteiger partial charge in [-0.2, -0.15) is 0 Å². The fourth-order valence-electron chi connectivity index (χ4n) is 2.98. The van der Waals surface area contributed by atoms with Gasteiger partial charge >= 0.3 is 6.03 Å². The number of fused-ring (bicyclic) bond motifs is 2. The van der Waals surface area contributed by atoms with E-state index < -0.39 is 0 Å². The van der Waals surface area contributed by atoms with E-state index in [1.165, 1.54) is 6.42 Å². The maximum atomic E-state index is 12.0. The van der Waals surface area contributed by atoms with E-state index in [2.05, 4.69) is 5.32 Å². The summed E-state index contributed by atoms with van der Waals surface area (Å²) in [7, 11) is 0. The third-order valence-corrected chi connectivity index (χ3v) is 4.18. The molecule has 1 aromatic carbocycles. The fraction of sp³-hybridized carbons (Fsp3) is 0.500. The first-order valence-corrected chi connectivity index (χ1v) is 6.56. The predicted molar refractivity (Wildman–Crippen MR) is 69.8 cm³/mol. The number of hydrogen-bond acceptors (Lipinski definition) is 2. The van der Waals surface area contributed by atoms with Gasteiger partial charge < -0.3 is 16.0 Å². The lowest BCUT2D eigenvalue weighted by Crippen LogP contribution is -2.64. The highest BCUT2D eigenvalue weighted by atomic mass is 16.2. The Hall–Kier alpha value is -1.55. The topological polar surface area (TPSA) is 58.4 Å². The Morgan fingerprint density at radius 1 is 1.28 bits per heavy atom. The first-order valence-electron chi connectivity index (χ1n) is 6.56. The van der Waals surface area contributed by atoms with Gasteiger partial charge in [-0.15, -0.1) is 0 Å². The van der Waals surface area contributed by atoms with E-state index in [0.717, 1.165) is 18.7 Å². The van der Waals surface area contributed by atoms with Crippen molar-refractivity contribution in [3.05, 3.63) is 35.9 Å². The molecule has 2 amide bonds. The van der Waals surface area contributed by atoms with Crippen molar-refractivity contribution in [1.29, 1.82) is 0 Å². The van der Waals surface area contributed by atoms with Gasteiger partial charge in [-0.05, 0) is 23.8 Å². The second kappa shape index (κ2) is 4.61. The van der Waals surface area contributed by atoms with E-state index in [-0.39, 0.29) is 6.03 Å². The van der Waals surface area contributed by atoms with Crippen LogP contribution in [-0.4, -0.2) is 30.1 Å². The van der Waals surface area contributed by atoms with E-state index in [1.54, 1.807) is 0 Å². The van der Waals surface area contributed by atoms with Gasteiger partial charge in [0.1, 0.15) is 0 Å². The van der Waals surface area contributed by atoms with E-state index in [4.69, 9.17) is 5.73 Å². The largest absolute Gasteiger partial charge is 0.334 e. The lowest BCUT2D eigenvalue weighted by molar-refractivity contribution is 0.0232. The molecule has 96 valence electrons. The lowest BCUT2D eigenvalue weighted by Gasteiger charge is -2.51. The third-order valence-electron chi connectivity index (χ3n) is 4.18. The summed E-state index contributed by atoms with van der Waals surface area (Å²) in [4.78, 5) is 13.9. The molecule has 4 heteroatoms. The molecular formula is C14H19N3O. The van der Waals surface area contributed by atoms with Gasteiger partial charge in [0.05, 0.1) is 0 Å². The third kappa shape index (κ3) is 2.08. The minimum atomic E-state index is 0.0421. The molecule has 1 aliphatic carbocycles. The summed E-state index contributed by atoms with van der Waals surface area (Å²) in [5.41, 5.74) is 7.13. The molecule has 1 aromatic rings. The van der Waals surface area contributed by atoms with Crippen LogP contribution in [0.15, 0.2) is 30.3 Å². The van der Waals surface area contributed by atoms with E-state index in [9.17, 15) is 4.79 Å². The Bertz CT molecular complexity index is 422. The van der Waals surface area contributed by atoms with Crippen molar-refractivity contribution in [2.75, 3.05) is 13.1 Å². The Morgan fingerprint density at radius 3 is 2.56 bits per heavy atom. The molecule has 0 spiro atoms. The van der Waals surface area contributed by atoms with E-state index in [1.807, 2.05) is 35.2 Å². The zero-order chi connectivity index (χ0) is 12.5. The number of piperidine rings is 2. The fourth-order valence-corrected chi connectivity index (χ4v) is 2.98. The Morgan fingerprint density at radius 2 is 1.94 bits per heavy atom.